The second-order valence-corrected chi connectivity index (χ2v) is 6.32. The summed E-state index contributed by atoms with van der Waals surface area (Å²) in [7, 11) is 1.81. The van der Waals surface area contributed by atoms with Gasteiger partial charge in [-0.3, -0.25) is 14.5 Å². The third kappa shape index (κ3) is 3.19. The zero-order chi connectivity index (χ0) is 17.3. The van der Waals surface area contributed by atoms with Crippen LogP contribution in [0.5, 0.6) is 0 Å². The van der Waals surface area contributed by atoms with E-state index in [1.54, 1.807) is 17.9 Å². The molecule has 1 aliphatic heterocycles. The summed E-state index contributed by atoms with van der Waals surface area (Å²) < 4.78 is 7.46. The Labute approximate surface area is 142 Å². The van der Waals surface area contributed by atoms with Gasteiger partial charge in [0.25, 0.3) is 5.91 Å². The molecule has 2 aromatic rings. The lowest BCUT2D eigenvalue weighted by atomic mass is 9.99. The molecule has 0 saturated carbocycles. The van der Waals surface area contributed by atoms with Crippen LogP contribution in [0.25, 0.3) is 0 Å². The lowest BCUT2D eigenvalue weighted by Crippen LogP contribution is -2.28. The summed E-state index contributed by atoms with van der Waals surface area (Å²) in [5.74, 6) is -0.115. The maximum absolute atomic E-state index is 12.7. The molecule has 0 unspecified atom stereocenters. The predicted octanol–water partition coefficient (Wildman–Crippen LogP) is 2.33. The number of aryl methyl sites for hydroxylation is 2. The summed E-state index contributed by atoms with van der Waals surface area (Å²) in [5, 5.41) is 7.46. The molecule has 3 heterocycles. The molecule has 0 aliphatic carbocycles. The van der Waals surface area contributed by atoms with E-state index >= 15 is 0 Å². The van der Waals surface area contributed by atoms with Crippen molar-refractivity contribution in [3.63, 3.8) is 0 Å². The zero-order valence-corrected chi connectivity index (χ0v) is 14.7. The van der Waals surface area contributed by atoms with Gasteiger partial charge >= 0.3 is 0 Å². The highest BCUT2D eigenvalue weighted by Crippen LogP contribution is 2.31. The molecular formula is C18H24N4O2. The van der Waals surface area contributed by atoms with Gasteiger partial charge in [0.1, 0.15) is 5.69 Å². The molecule has 6 heteroatoms. The maximum Gasteiger partial charge on any atom is 0.270 e. The molecule has 1 aliphatic rings. The largest absolute Gasteiger partial charge is 0.369 e. The zero-order valence-electron chi connectivity index (χ0n) is 14.7. The Morgan fingerprint density at radius 1 is 1.46 bits per heavy atom. The minimum atomic E-state index is -0.115. The Morgan fingerprint density at radius 2 is 2.25 bits per heavy atom. The van der Waals surface area contributed by atoms with Crippen LogP contribution in [-0.4, -0.2) is 26.8 Å². The molecule has 2 aromatic heterocycles. The van der Waals surface area contributed by atoms with Gasteiger partial charge in [0, 0.05) is 25.2 Å². The fourth-order valence-electron chi connectivity index (χ4n) is 3.25. The quantitative estimate of drug-likeness (QED) is 0.935. The Hall–Kier alpha value is -2.21. The Bertz CT molecular complexity index is 753. The summed E-state index contributed by atoms with van der Waals surface area (Å²) in [6.07, 6.45) is 3.45. The van der Waals surface area contributed by atoms with E-state index in [9.17, 15) is 4.79 Å². The van der Waals surface area contributed by atoms with Crippen molar-refractivity contribution in [3.05, 3.63) is 46.5 Å². The van der Waals surface area contributed by atoms with Crippen molar-refractivity contribution in [2.75, 3.05) is 0 Å². The number of carbonyl (C=O) groups is 1. The molecule has 2 atom stereocenters. The first kappa shape index (κ1) is 16.6. The normalized spacial score (nSPS) is 19.8. The van der Waals surface area contributed by atoms with E-state index in [0.29, 0.717) is 18.7 Å². The first-order valence-electron chi connectivity index (χ1n) is 8.42. The number of ether oxygens (including phenoxy) is 1. The van der Waals surface area contributed by atoms with Crippen molar-refractivity contribution in [1.29, 1.82) is 0 Å². The summed E-state index contributed by atoms with van der Waals surface area (Å²) in [6.45, 7) is 6.51. The Kier molecular flexibility index (Phi) is 4.66. The van der Waals surface area contributed by atoms with Gasteiger partial charge < -0.3 is 10.1 Å². The van der Waals surface area contributed by atoms with Crippen molar-refractivity contribution < 1.29 is 9.53 Å². The van der Waals surface area contributed by atoms with E-state index in [-0.39, 0.29) is 18.1 Å². The first-order valence-corrected chi connectivity index (χ1v) is 8.42. The van der Waals surface area contributed by atoms with Gasteiger partial charge in [-0.25, -0.2) is 0 Å². The molecule has 0 radical (unpaired) electrons. The number of aromatic nitrogens is 3. The second-order valence-electron chi connectivity index (χ2n) is 6.32. The fourth-order valence-corrected chi connectivity index (χ4v) is 3.25. The van der Waals surface area contributed by atoms with E-state index < -0.39 is 0 Å². The molecule has 1 amide bonds. The van der Waals surface area contributed by atoms with Crippen LogP contribution >= 0.6 is 0 Å². The highest BCUT2D eigenvalue weighted by atomic mass is 16.5. The number of hydrogen-bond acceptors (Lipinski definition) is 4. The van der Waals surface area contributed by atoms with Crippen molar-refractivity contribution in [3.8, 4) is 0 Å². The minimum absolute atomic E-state index is 0.0839. The van der Waals surface area contributed by atoms with Crippen LogP contribution in [0.2, 0.25) is 0 Å². The molecule has 0 aromatic carbocycles. The van der Waals surface area contributed by atoms with Gasteiger partial charge in [-0.15, -0.1) is 0 Å². The number of carbonyl (C=O) groups excluding carboxylic acids is 1. The van der Waals surface area contributed by atoms with Crippen LogP contribution in [-0.2, 0) is 31.2 Å². The van der Waals surface area contributed by atoms with Gasteiger partial charge in [0.2, 0.25) is 0 Å². The summed E-state index contributed by atoms with van der Waals surface area (Å²) in [4.78, 5) is 17.0. The van der Waals surface area contributed by atoms with Gasteiger partial charge in [-0.1, -0.05) is 6.92 Å². The Balaban J connectivity index is 1.78. The number of rotatable bonds is 4. The SMILES string of the molecule is CCc1ccnc(CNC(=O)c2c3c(nn2C)[C@H](C)O[C@H](C)C3)c1. The molecule has 0 saturated heterocycles. The van der Waals surface area contributed by atoms with E-state index in [2.05, 4.69) is 22.3 Å². The number of fused-ring (bicyclic) bond motifs is 1. The van der Waals surface area contributed by atoms with Crippen LogP contribution in [0.15, 0.2) is 18.3 Å². The number of nitrogens with one attached hydrogen (secondary N) is 1. The second kappa shape index (κ2) is 6.73. The summed E-state index contributed by atoms with van der Waals surface area (Å²) in [6, 6.07) is 4.02. The number of nitrogens with zero attached hydrogens (tertiary/aromatic N) is 3. The summed E-state index contributed by atoms with van der Waals surface area (Å²) >= 11 is 0. The van der Waals surface area contributed by atoms with Crippen LogP contribution in [0, 0.1) is 0 Å². The molecule has 128 valence electrons. The number of pyridine rings is 1. The van der Waals surface area contributed by atoms with Crippen LogP contribution in [0.1, 0.15) is 59.9 Å². The van der Waals surface area contributed by atoms with Crippen molar-refractivity contribution in [2.45, 2.75) is 52.4 Å². The Morgan fingerprint density at radius 3 is 3.00 bits per heavy atom. The number of amides is 1. The number of hydrogen-bond donors (Lipinski definition) is 1. The van der Waals surface area contributed by atoms with E-state index in [4.69, 9.17) is 4.74 Å². The average Bonchev–Trinajstić information content (AvgIpc) is 2.89. The predicted molar refractivity (Wildman–Crippen MR) is 90.7 cm³/mol. The third-order valence-electron chi connectivity index (χ3n) is 4.42. The topological polar surface area (TPSA) is 69.0 Å². The van der Waals surface area contributed by atoms with Gasteiger partial charge in [-0.2, -0.15) is 5.10 Å². The molecule has 0 fully saturated rings. The smallest absolute Gasteiger partial charge is 0.270 e. The van der Waals surface area contributed by atoms with Gasteiger partial charge in [0.15, 0.2) is 0 Å². The molecule has 0 bridgehead atoms. The minimum Gasteiger partial charge on any atom is -0.369 e. The van der Waals surface area contributed by atoms with E-state index in [0.717, 1.165) is 23.4 Å². The van der Waals surface area contributed by atoms with Crippen LogP contribution in [0.3, 0.4) is 0 Å². The molecule has 24 heavy (non-hydrogen) atoms. The molecular weight excluding hydrogens is 304 g/mol. The molecule has 6 nitrogen and oxygen atoms in total. The third-order valence-corrected chi connectivity index (χ3v) is 4.42. The molecule has 0 spiro atoms. The van der Waals surface area contributed by atoms with Crippen LogP contribution in [0.4, 0.5) is 0 Å². The van der Waals surface area contributed by atoms with Crippen molar-refractivity contribution in [1.82, 2.24) is 20.1 Å². The fraction of sp³-hybridized carbons (Fsp3) is 0.500. The van der Waals surface area contributed by atoms with Crippen molar-refractivity contribution in [2.24, 2.45) is 7.05 Å². The lowest BCUT2D eigenvalue weighted by molar-refractivity contribution is -0.00710. The highest BCUT2D eigenvalue weighted by molar-refractivity contribution is 5.94. The van der Waals surface area contributed by atoms with Crippen molar-refractivity contribution >= 4 is 5.91 Å². The average molecular weight is 328 g/mol. The first-order chi connectivity index (χ1) is 11.5. The lowest BCUT2D eigenvalue weighted by Gasteiger charge is -2.24. The molecule has 3 rings (SSSR count). The van der Waals surface area contributed by atoms with E-state index in [1.165, 1.54) is 5.56 Å². The van der Waals surface area contributed by atoms with Gasteiger partial charge in [-0.05, 0) is 38.0 Å². The standard InChI is InChI=1S/C18H24N4O2/c1-5-13-6-7-19-14(9-13)10-20-18(23)17-15-8-11(2)24-12(3)16(15)21-22(17)4/h6-7,9,11-12H,5,8,10H2,1-4H3,(H,20,23)/t11-,12+/m1/s1. The molecule has 1 N–H and O–H groups in total. The van der Waals surface area contributed by atoms with Crippen LogP contribution < -0.4 is 5.32 Å². The highest BCUT2D eigenvalue weighted by Gasteiger charge is 2.31. The maximum atomic E-state index is 12.7. The monoisotopic (exact) mass is 328 g/mol. The van der Waals surface area contributed by atoms with E-state index in [1.807, 2.05) is 26.0 Å². The van der Waals surface area contributed by atoms with Gasteiger partial charge in [0.05, 0.1) is 30.1 Å². The summed E-state index contributed by atoms with van der Waals surface area (Å²) in [5.41, 5.74) is 4.57.